The fourth-order valence-electron chi connectivity index (χ4n) is 1.86. The van der Waals surface area contributed by atoms with E-state index >= 15 is 0 Å². The Labute approximate surface area is 131 Å². The molecular formula is C15H14BrClN2O. The smallest absolute Gasteiger partial charge is 0.147 e. The van der Waals surface area contributed by atoms with Crippen molar-refractivity contribution in [2.75, 3.05) is 0 Å². The van der Waals surface area contributed by atoms with Crippen LogP contribution in [-0.4, -0.2) is 11.0 Å². The third-order valence-corrected chi connectivity index (χ3v) is 4.04. The molecule has 1 N–H and O–H groups in total. The van der Waals surface area contributed by atoms with Gasteiger partial charge in [-0.05, 0) is 30.5 Å². The van der Waals surface area contributed by atoms with Crippen molar-refractivity contribution in [2.45, 2.75) is 25.4 Å². The minimum atomic E-state index is 0.562. The molecule has 1 aromatic carbocycles. The predicted octanol–water partition coefficient (Wildman–Crippen LogP) is 4.54. The van der Waals surface area contributed by atoms with Crippen molar-refractivity contribution in [3.8, 4) is 11.5 Å². The van der Waals surface area contributed by atoms with Crippen molar-refractivity contribution in [2.24, 2.45) is 0 Å². The number of benzene rings is 1. The number of ether oxygens (including phenoxy) is 1. The summed E-state index contributed by atoms with van der Waals surface area (Å²) in [7, 11) is 0. The molecule has 0 spiro atoms. The summed E-state index contributed by atoms with van der Waals surface area (Å²) in [4.78, 5) is 4.00. The number of rotatable bonds is 5. The molecule has 0 saturated heterocycles. The average Bonchev–Trinajstić information content (AvgIpc) is 3.22. The van der Waals surface area contributed by atoms with Crippen LogP contribution in [0.2, 0.25) is 5.02 Å². The highest BCUT2D eigenvalue weighted by Crippen LogP contribution is 2.28. The molecular weight excluding hydrogens is 340 g/mol. The summed E-state index contributed by atoms with van der Waals surface area (Å²) in [6.45, 7) is 0.879. The predicted molar refractivity (Wildman–Crippen MR) is 83.3 cm³/mol. The van der Waals surface area contributed by atoms with Crippen molar-refractivity contribution in [3.05, 3.63) is 51.7 Å². The van der Waals surface area contributed by atoms with Crippen LogP contribution in [0.4, 0.5) is 0 Å². The molecule has 1 aliphatic carbocycles. The van der Waals surface area contributed by atoms with Gasteiger partial charge in [-0.25, -0.2) is 0 Å². The van der Waals surface area contributed by atoms with Gasteiger partial charge in [0, 0.05) is 29.3 Å². The van der Waals surface area contributed by atoms with Crippen LogP contribution < -0.4 is 10.1 Å². The van der Waals surface area contributed by atoms with Gasteiger partial charge in [0.25, 0.3) is 0 Å². The van der Waals surface area contributed by atoms with E-state index in [2.05, 4.69) is 32.3 Å². The zero-order chi connectivity index (χ0) is 13.9. The molecule has 0 radical (unpaired) electrons. The fourth-order valence-corrected chi connectivity index (χ4v) is 2.52. The number of nitrogens with zero attached hydrogens (tertiary/aromatic N) is 1. The average molecular weight is 354 g/mol. The van der Waals surface area contributed by atoms with E-state index in [0.717, 1.165) is 16.8 Å². The Bertz CT molecular complexity index is 617. The lowest BCUT2D eigenvalue weighted by Gasteiger charge is -2.09. The molecule has 0 unspecified atom stereocenters. The van der Waals surface area contributed by atoms with Gasteiger partial charge in [-0.1, -0.05) is 33.6 Å². The number of halogens is 2. The van der Waals surface area contributed by atoms with E-state index < -0.39 is 0 Å². The van der Waals surface area contributed by atoms with Crippen LogP contribution in [0.3, 0.4) is 0 Å². The van der Waals surface area contributed by atoms with E-state index in [1.165, 1.54) is 18.4 Å². The molecule has 104 valence electrons. The molecule has 1 aliphatic rings. The van der Waals surface area contributed by atoms with Gasteiger partial charge in [-0.3, -0.25) is 4.98 Å². The topological polar surface area (TPSA) is 34.1 Å². The molecule has 0 bridgehead atoms. The first-order chi connectivity index (χ1) is 9.70. The van der Waals surface area contributed by atoms with E-state index in [1.807, 2.05) is 12.1 Å². The van der Waals surface area contributed by atoms with E-state index in [4.69, 9.17) is 16.3 Å². The van der Waals surface area contributed by atoms with E-state index in [0.29, 0.717) is 16.8 Å². The van der Waals surface area contributed by atoms with Gasteiger partial charge >= 0.3 is 0 Å². The van der Waals surface area contributed by atoms with Gasteiger partial charge in [0.1, 0.15) is 11.5 Å². The molecule has 1 heterocycles. The third-order valence-electron chi connectivity index (χ3n) is 3.10. The number of pyridine rings is 1. The minimum Gasteiger partial charge on any atom is -0.456 e. The Hall–Kier alpha value is -1.10. The van der Waals surface area contributed by atoms with Crippen LogP contribution in [0.5, 0.6) is 11.5 Å². The van der Waals surface area contributed by atoms with Gasteiger partial charge in [-0.15, -0.1) is 0 Å². The molecule has 1 saturated carbocycles. The number of hydrogen-bond acceptors (Lipinski definition) is 3. The molecule has 0 aliphatic heterocycles. The zero-order valence-electron chi connectivity index (χ0n) is 10.8. The third kappa shape index (κ3) is 3.72. The van der Waals surface area contributed by atoms with Gasteiger partial charge in [-0.2, -0.15) is 0 Å². The largest absolute Gasteiger partial charge is 0.456 e. The second kappa shape index (κ2) is 6.12. The zero-order valence-corrected chi connectivity index (χ0v) is 13.1. The first-order valence-electron chi connectivity index (χ1n) is 6.51. The van der Waals surface area contributed by atoms with Crippen molar-refractivity contribution >= 4 is 27.5 Å². The first-order valence-corrected chi connectivity index (χ1v) is 7.68. The summed E-state index contributed by atoms with van der Waals surface area (Å²) in [5.74, 6) is 1.39. The molecule has 1 fully saturated rings. The normalized spacial score (nSPS) is 14.3. The van der Waals surface area contributed by atoms with Crippen LogP contribution in [0.1, 0.15) is 18.4 Å². The monoisotopic (exact) mass is 352 g/mol. The maximum atomic E-state index is 5.88. The number of hydrogen-bond donors (Lipinski definition) is 1. The summed E-state index contributed by atoms with van der Waals surface area (Å²) in [5, 5.41) is 4.05. The van der Waals surface area contributed by atoms with Crippen molar-refractivity contribution in [1.82, 2.24) is 10.3 Å². The summed E-state index contributed by atoms with van der Waals surface area (Å²) < 4.78 is 6.78. The summed E-state index contributed by atoms with van der Waals surface area (Å²) >= 11 is 9.47. The molecule has 0 amide bonds. The minimum absolute atomic E-state index is 0.562. The molecule has 0 atom stereocenters. The first kappa shape index (κ1) is 13.9. The number of aromatic nitrogens is 1. The Balaban J connectivity index is 1.69. The fraction of sp³-hybridized carbons (Fsp3) is 0.267. The number of nitrogens with one attached hydrogen (secondary N) is 1. The van der Waals surface area contributed by atoms with Crippen LogP contribution >= 0.6 is 27.5 Å². The van der Waals surface area contributed by atoms with E-state index in [1.54, 1.807) is 18.5 Å². The molecule has 3 nitrogen and oxygen atoms in total. The summed E-state index contributed by atoms with van der Waals surface area (Å²) in [6, 6.07) is 8.42. The Morgan fingerprint density at radius 3 is 2.80 bits per heavy atom. The SMILES string of the molecule is Clc1cncc(Oc2ccc(CNC3CC3)c(Br)c2)c1. The highest BCUT2D eigenvalue weighted by molar-refractivity contribution is 9.10. The maximum Gasteiger partial charge on any atom is 0.147 e. The van der Waals surface area contributed by atoms with Crippen LogP contribution in [0.15, 0.2) is 41.1 Å². The Morgan fingerprint density at radius 2 is 2.10 bits per heavy atom. The molecule has 1 aromatic heterocycles. The van der Waals surface area contributed by atoms with Gasteiger partial charge < -0.3 is 10.1 Å². The lowest BCUT2D eigenvalue weighted by molar-refractivity contribution is 0.479. The lowest BCUT2D eigenvalue weighted by atomic mass is 10.2. The Kier molecular flexibility index (Phi) is 4.24. The molecule has 5 heteroatoms. The quantitative estimate of drug-likeness (QED) is 0.857. The van der Waals surface area contributed by atoms with Gasteiger partial charge in [0.05, 0.1) is 11.2 Å². The molecule has 2 aromatic rings. The Morgan fingerprint density at radius 1 is 1.25 bits per heavy atom. The van der Waals surface area contributed by atoms with Crippen LogP contribution in [0, 0.1) is 0 Å². The van der Waals surface area contributed by atoms with Crippen LogP contribution in [0.25, 0.3) is 0 Å². The second-order valence-electron chi connectivity index (χ2n) is 4.85. The van der Waals surface area contributed by atoms with Crippen LogP contribution in [-0.2, 0) is 6.54 Å². The maximum absolute atomic E-state index is 5.88. The summed E-state index contributed by atoms with van der Waals surface area (Å²) in [5.41, 5.74) is 1.23. The van der Waals surface area contributed by atoms with Gasteiger partial charge in [0.2, 0.25) is 0 Å². The highest BCUT2D eigenvalue weighted by Gasteiger charge is 2.20. The van der Waals surface area contributed by atoms with Crippen molar-refractivity contribution in [1.29, 1.82) is 0 Å². The van der Waals surface area contributed by atoms with E-state index in [9.17, 15) is 0 Å². The van der Waals surface area contributed by atoms with E-state index in [-0.39, 0.29) is 0 Å². The van der Waals surface area contributed by atoms with Gasteiger partial charge in [0.15, 0.2) is 0 Å². The summed E-state index contributed by atoms with van der Waals surface area (Å²) in [6.07, 6.45) is 5.81. The molecule has 3 rings (SSSR count). The highest BCUT2D eigenvalue weighted by atomic mass is 79.9. The van der Waals surface area contributed by atoms with Crippen molar-refractivity contribution in [3.63, 3.8) is 0 Å². The second-order valence-corrected chi connectivity index (χ2v) is 6.14. The molecule has 20 heavy (non-hydrogen) atoms. The lowest BCUT2D eigenvalue weighted by Crippen LogP contribution is -2.15. The van der Waals surface area contributed by atoms with Crippen molar-refractivity contribution < 1.29 is 4.74 Å². The standard InChI is InChI=1S/C15H14BrClN2O/c16-15-6-13(20-14-5-11(17)8-18-9-14)4-1-10(15)7-19-12-2-3-12/h1,4-6,8-9,12,19H,2-3,7H2.